The van der Waals surface area contributed by atoms with Crippen LogP contribution in [0.1, 0.15) is 38.3 Å². The van der Waals surface area contributed by atoms with Crippen molar-refractivity contribution in [2.45, 2.75) is 39.0 Å². The van der Waals surface area contributed by atoms with E-state index in [9.17, 15) is 9.59 Å². The second-order valence-electron chi connectivity index (χ2n) is 8.98. The number of piperazine rings is 1. The Labute approximate surface area is 187 Å². The van der Waals surface area contributed by atoms with Crippen molar-refractivity contribution < 1.29 is 9.59 Å². The SMILES string of the molecule is CCN1CCN(CC(=O)N2CCCC(CCC(=O)N(C)CCc3ccccn3)C2)CC1. The zero-order valence-corrected chi connectivity index (χ0v) is 19.3. The number of carbonyl (C=O) groups excluding carboxylic acids is 2. The molecule has 2 amide bonds. The Hall–Kier alpha value is -1.99. The molecule has 1 aromatic rings. The second kappa shape index (κ2) is 12.2. The number of nitrogens with zero attached hydrogens (tertiary/aromatic N) is 5. The third-order valence-electron chi connectivity index (χ3n) is 6.76. The molecule has 1 aromatic heterocycles. The molecule has 172 valence electrons. The van der Waals surface area contributed by atoms with E-state index in [1.165, 1.54) is 0 Å². The van der Waals surface area contributed by atoms with Crippen LogP contribution in [0.25, 0.3) is 0 Å². The van der Waals surface area contributed by atoms with Gasteiger partial charge in [-0.05, 0) is 43.9 Å². The first-order valence-electron chi connectivity index (χ1n) is 11.9. The van der Waals surface area contributed by atoms with Crippen LogP contribution < -0.4 is 0 Å². The van der Waals surface area contributed by atoms with Crippen LogP contribution in [0.4, 0.5) is 0 Å². The van der Waals surface area contributed by atoms with Gasteiger partial charge < -0.3 is 14.7 Å². The van der Waals surface area contributed by atoms with Crippen LogP contribution in [0.3, 0.4) is 0 Å². The highest BCUT2D eigenvalue weighted by atomic mass is 16.2. The van der Waals surface area contributed by atoms with Crippen molar-refractivity contribution >= 4 is 11.8 Å². The first-order chi connectivity index (χ1) is 15.0. The van der Waals surface area contributed by atoms with Gasteiger partial charge in [-0.3, -0.25) is 19.5 Å². The standard InChI is InChI=1S/C24H39N5O2/c1-3-27-15-17-28(18-16-27)20-24(31)29-13-6-7-21(19-29)9-10-23(30)26(2)14-11-22-8-4-5-12-25-22/h4-5,8,12,21H,3,6-7,9-11,13-20H2,1-2H3. The average molecular weight is 430 g/mol. The van der Waals surface area contributed by atoms with Crippen molar-refractivity contribution in [3.63, 3.8) is 0 Å². The molecule has 2 aliphatic heterocycles. The summed E-state index contributed by atoms with van der Waals surface area (Å²) in [5.41, 5.74) is 1.01. The minimum absolute atomic E-state index is 0.188. The number of aromatic nitrogens is 1. The van der Waals surface area contributed by atoms with Gasteiger partial charge in [-0.15, -0.1) is 0 Å². The van der Waals surface area contributed by atoms with Crippen LogP contribution >= 0.6 is 0 Å². The Morgan fingerprint density at radius 2 is 1.90 bits per heavy atom. The van der Waals surface area contributed by atoms with Crippen molar-refractivity contribution in [1.82, 2.24) is 24.6 Å². The van der Waals surface area contributed by atoms with Crippen LogP contribution in [0.5, 0.6) is 0 Å². The Morgan fingerprint density at radius 3 is 2.61 bits per heavy atom. The van der Waals surface area contributed by atoms with Gasteiger partial charge >= 0.3 is 0 Å². The largest absolute Gasteiger partial charge is 0.345 e. The second-order valence-corrected chi connectivity index (χ2v) is 8.98. The fourth-order valence-corrected chi connectivity index (χ4v) is 4.55. The van der Waals surface area contributed by atoms with E-state index in [0.29, 0.717) is 25.4 Å². The van der Waals surface area contributed by atoms with Gasteiger partial charge in [-0.2, -0.15) is 0 Å². The molecule has 31 heavy (non-hydrogen) atoms. The molecule has 0 saturated carbocycles. The number of hydrogen-bond acceptors (Lipinski definition) is 5. The summed E-state index contributed by atoms with van der Waals surface area (Å²) >= 11 is 0. The molecule has 1 atom stereocenters. The molecule has 0 spiro atoms. The van der Waals surface area contributed by atoms with Crippen LogP contribution in [0.15, 0.2) is 24.4 Å². The molecule has 0 radical (unpaired) electrons. The summed E-state index contributed by atoms with van der Waals surface area (Å²) in [4.78, 5) is 38.3. The Balaban J connectivity index is 1.36. The molecule has 7 heteroatoms. The van der Waals surface area contributed by atoms with Gasteiger partial charge in [0.15, 0.2) is 0 Å². The lowest BCUT2D eigenvalue weighted by Crippen LogP contribution is -2.51. The number of rotatable bonds is 9. The minimum atomic E-state index is 0.188. The lowest BCUT2D eigenvalue weighted by atomic mass is 9.93. The number of amides is 2. The third-order valence-corrected chi connectivity index (χ3v) is 6.76. The topological polar surface area (TPSA) is 60.0 Å². The summed E-state index contributed by atoms with van der Waals surface area (Å²) < 4.78 is 0. The monoisotopic (exact) mass is 429 g/mol. The normalized spacial score (nSPS) is 20.6. The molecule has 3 rings (SSSR count). The Morgan fingerprint density at radius 1 is 1.13 bits per heavy atom. The van der Waals surface area contributed by atoms with Gasteiger partial charge in [0.05, 0.1) is 6.54 Å². The Bertz CT molecular complexity index is 690. The highest BCUT2D eigenvalue weighted by Crippen LogP contribution is 2.22. The van der Waals surface area contributed by atoms with Gasteiger partial charge in [0.25, 0.3) is 0 Å². The van der Waals surface area contributed by atoms with E-state index in [1.807, 2.05) is 35.0 Å². The quantitative estimate of drug-likeness (QED) is 0.598. The summed E-state index contributed by atoms with van der Waals surface area (Å²) in [5.74, 6) is 0.879. The van der Waals surface area contributed by atoms with E-state index in [1.54, 1.807) is 6.20 Å². The van der Waals surface area contributed by atoms with Gasteiger partial charge in [0.2, 0.25) is 11.8 Å². The zero-order chi connectivity index (χ0) is 22.1. The van der Waals surface area contributed by atoms with E-state index in [-0.39, 0.29) is 11.8 Å². The molecule has 2 saturated heterocycles. The summed E-state index contributed by atoms with van der Waals surface area (Å²) in [7, 11) is 1.88. The predicted octanol–water partition coefficient (Wildman–Crippen LogP) is 1.74. The zero-order valence-electron chi connectivity index (χ0n) is 19.3. The minimum Gasteiger partial charge on any atom is -0.345 e. The van der Waals surface area contributed by atoms with E-state index in [0.717, 1.165) is 77.2 Å². The smallest absolute Gasteiger partial charge is 0.236 e. The molecule has 0 N–H and O–H groups in total. The number of hydrogen-bond donors (Lipinski definition) is 0. The summed E-state index contributed by atoms with van der Waals surface area (Å²) in [6, 6.07) is 5.88. The molecule has 2 aliphatic rings. The molecular formula is C24H39N5O2. The van der Waals surface area contributed by atoms with E-state index < -0.39 is 0 Å². The van der Waals surface area contributed by atoms with Gasteiger partial charge in [0.1, 0.15) is 0 Å². The fraction of sp³-hybridized carbons (Fsp3) is 0.708. The maximum absolute atomic E-state index is 12.8. The summed E-state index contributed by atoms with van der Waals surface area (Å²) in [6.07, 6.45) is 6.16. The number of likely N-dealkylation sites (N-methyl/N-ethyl adjacent to an activating group) is 2. The van der Waals surface area contributed by atoms with Crippen LogP contribution in [-0.2, 0) is 16.0 Å². The van der Waals surface area contributed by atoms with Gasteiger partial charge in [-0.1, -0.05) is 13.0 Å². The third kappa shape index (κ3) is 7.58. The average Bonchev–Trinajstić information content (AvgIpc) is 2.82. The molecule has 7 nitrogen and oxygen atoms in total. The fourth-order valence-electron chi connectivity index (χ4n) is 4.55. The lowest BCUT2D eigenvalue weighted by molar-refractivity contribution is -0.134. The van der Waals surface area contributed by atoms with Crippen molar-refractivity contribution in [2.75, 3.05) is 66.0 Å². The summed E-state index contributed by atoms with van der Waals surface area (Å²) in [5, 5.41) is 0. The number of likely N-dealkylation sites (tertiary alicyclic amines) is 1. The van der Waals surface area contributed by atoms with E-state index in [4.69, 9.17) is 0 Å². The van der Waals surface area contributed by atoms with E-state index >= 15 is 0 Å². The highest BCUT2D eigenvalue weighted by molar-refractivity contribution is 5.78. The van der Waals surface area contributed by atoms with Crippen molar-refractivity contribution in [2.24, 2.45) is 5.92 Å². The van der Waals surface area contributed by atoms with Gasteiger partial charge in [0, 0.05) is 77.6 Å². The Kier molecular flexibility index (Phi) is 9.28. The molecule has 0 aliphatic carbocycles. The van der Waals surface area contributed by atoms with Gasteiger partial charge in [-0.25, -0.2) is 0 Å². The summed E-state index contributed by atoms with van der Waals surface area (Å²) in [6.45, 7) is 10.3. The first-order valence-corrected chi connectivity index (χ1v) is 11.9. The highest BCUT2D eigenvalue weighted by Gasteiger charge is 2.26. The number of pyridine rings is 1. The van der Waals surface area contributed by atoms with Crippen molar-refractivity contribution in [3.05, 3.63) is 30.1 Å². The molecule has 3 heterocycles. The maximum Gasteiger partial charge on any atom is 0.236 e. The molecular weight excluding hydrogens is 390 g/mol. The predicted molar refractivity (Wildman–Crippen MR) is 123 cm³/mol. The van der Waals surface area contributed by atoms with Crippen molar-refractivity contribution in [1.29, 1.82) is 0 Å². The maximum atomic E-state index is 12.8. The molecule has 0 bridgehead atoms. The van der Waals surface area contributed by atoms with Crippen LogP contribution in [0, 0.1) is 5.92 Å². The molecule has 2 fully saturated rings. The van der Waals surface area contributed by atoms with E-state index in [2.05, 4.69) is 21.7 Å². The lowest BCUT2D eigenvalue weighted by Gasteiger charge is -2.37. The first kappa shape index (κ1) is 23.7. The number of carbonyl (C=O) groups is 2. The number of piperidine rings is 1. The molecule has 1 unspecified atom stereocenters. The van der Waals surface area contributed by atoms with Crippen LogP contribution in [0.2, 0.25) is 0 Å². The van der Waals surface area contributed by atoms with Crippen LogP contribution in [-0.4, -0.2) is 102 Å². The molecule has 0 aromatic carbocycles. The van der Waals surface area contributed by atoms with Crippen molar-refractivity contribution in [3.8, 4) is 0 Å².